The number of nitrogens with two attached hydrogens (primary N) is 1. The first-order chi connectivity index (χ1) is 8.43. The summed E-state index contributed by atoms with van der Waals surface area (Å²) >= 11 is 10.8. The molecule has 0 aliphatic carbocycles. The van der Waals surface area contributed by atoms with Gasteiger partial charge in [0.25, 0.3) is 0 Å². The number of anilines is 1. The molecule has 5 heteroatoms. The molecule has 18 heavy (non-hydrogen) atoms. The normalized spacial score (nSPS) is 11.9. The highest BCUT2D eigenvalue weighted by Crippen LogP contribution is 2.22. The molecule has 0 aliphatic heterocycles. The van der Waals surface area contributed by atoms with E-state index in [-0.39, 0.29) is 10.9 Å². The van der Waals surface area contributed by atoms with Crippen LogP contribution in [0.4, 0.5) is 5.69 Å². The summed E-state index contributed by atoms with van der Waals surface area (Å²) in [7, 11) is 0. The number of halogens is 1. The van der Waals surface area contributed by atoms with Gasteiger partial charge in [0.15, 0.2) is 0 Å². The molecule has 1 aromatic carbocycles. The predicted octanol–water partition coefficient (Wildman–Crippen LogP) is 3.35. The van der Waals surface area contributed by atoms with Crippen LogP contribution in [0.25, 0.3) is 0 Å². The molecule has 0 bridgehead atoms. The number of rotatable bonds is 5. The van der Waals surface area contributed by atoms with Gasteiger partial charge in [0.05, 0.1) is 5.69 Å². The van der Waals surface area contributed by atoms with Gasteiger partial charge in [-0.15, -0.1) is 0 Å². The van der Waals surface area contributed by atoms with Gasteiger partial charge in [-0.25, -0.2) is 0 Å². The van der Waals surface area contributed by atoms with Gasteiger partial charge in [0.1, 0.15) is 4.99 Å². The van der Waals surface area contributed by atoms with Crippen molar-refractivity contribution in [3.8, 4) is 0 Å². The highest BCUT2D eigenvalue weighted by atomic mass is 35.5. The van der Waals surface area contributed by atoms with Gasteiger partial charge < -0.3 is 11.1 Å². The zero-order chi connectivity index (χ0) is 13.7. The maximum Gasteiger partial charge on any atom is 0.224 e. The highest BCUT2D eigenvalue weighted by Gasteiger charge is 2.11. The number of hydrogen-bond acceptors (Lipinski definition) is 2. The molecule has 0 aliphatic rings. The third kappa shape index (κ3) is 4.27. The molecule has 3 N–H and O–H groups in total. The molecule has 0 saturated heterocycles. The van der Waals surface area contributed by atoms with Gasteiger partial charge in [0.2, 0.25) is 5.91 Å². The van der Waals surface area contributed by atoms with Crippen molar-refractivity contribution >= 4 is 40.4 Å². The largest absolute Gasteiger partial charge is 0.389 e. The summed E-state index contributed by atoms with van der Waals surface area (Å²) in [6.07, 6.45) is 1.44. The van der Waals surface area contributed by atoms with Crippen LogP contribution in [0.5, 0.6) is 0 Å². The standard InChI is InChI=1S/C13H17ClN2OS/c1-3-8(2)6-12(17)16-11-7-9(14)4-5-10(11)13(15)18/h4-5,7-8H,3,6H2,1-2H3,(H2,15,18)(H,16,17). The van der Waals surface area contributed by atoms with Gasteiger partial charge in [0, 0.05) is 17.0 Å². The maximum absolute atomic E-state index is 11.8. The number of hydrogen-bond donors (Lipinski definition) is 2. The average Bonchev–Trinajstić information content (AvgIpc) is 2.28. The van der Waals surface area contributed by atoms with E-state index in [0.29, 0.717) is 28.6 Å². The van der Waals surface area contributed by atoms with E-state index in [1.165, 1.54) is 0 Å². The molecule has 1 atom stereocenters. The van der Waals surface area contributed by atoms with E-state index in [0.717, 1.165) is 6.42 Å². The molecule has 0 fully saturated rings. The number of thiocarbonyl (C=S) groups is 1. The van der Waals surface area contributed by atoms with Crippen molar-refractivity contribution in [1.29, 1.82) is 0 Å². The van der Waals surface area contributed by atoms with E-state index in [2.05, 4.69) is 12.2 Å². The molecule has 0 spiro atoms. The Kier molecular flexibility index (Phi) is 5.56. The second-order valence-corrected chi connectivity index (χ2v) is 5.20. The Balaban J connectivity index is 2.86. The SMILES string of the molecule is CCC(C)CC(=O)Nc1cc(Cl)ccc1C(N)=S. The summed E-state index contributed by atoms with van der Waals surface area (Å²) in [4.78, 5) is 12.1. The number of amides is 1. The quantitative estimate of drug-likeness (QED) is 0.815. The molecule has 1 amide bonds. The summed E-state index contributed by atoms with van der Waals surface area (Å²) in [5.74, 6) is 0.293. The van der Waals surface area contributed by atoms with Gasteiger partial charge in [-0.05, 0) is 24.1 Å². The molecule has 3 nitrogen and oxygen atoms in total. The Labute approximate surface area is 118 Å². The third-order valence-corrected chi connectivity index (χ3v) is 3.21. The van der Waals surface area contributed by atoms with Gasteiger partial charge in [-0.2, -0.15) is 0 Å². The number of carbonyl (C=O) groups is 1. The molecular formula is C13H17ClN2OS. The van der Waals surface area contributed by atoms with Crippen LogP contribution >= 0.6 is 23.8 Å². The topological polar surface area (TPSA) is 55.1 Å². The van der Waals surface area contributed by atoms with E-state index >= 15 is 0 Å². The summed E-state index contributed by atoms with van der Waals surface area (Å²) in [6, 6.07) is 5.06. The van der Waals surface area contributed by atoms with Gasteiger partial charge in [-0.3, -0.25) is 4.79 Å². The minimum Gasteiger partial charge on any atom is -0.389 e. The summed E-state index contributed by atoms with van der Waals surface area (Å²) in [5, 5.41) is 3.34. The highest BCUT2D eigenvalue weighted by molar-refractivity contribution is 7.80. The van der Waals surface area contributed by atoms with Crippen LogP contribution in [0.15, 0.2) is 18.2 Å². The smallest absolute Gasteiger partial charge is 0.224 e. The van der Waals surface area contributed by atoms with E-state index < -0.39 is 0 Å². The van der Waals surface area contributed by atoms with Gasteiger partial charge in [-0.1, -0.05) is 44.1 Å². The summed E-state index contributed by atoms with van der Waals surface area (Å²) in [5.41, 5.74) is 6.81. The van der Waals surface area contributed by atoms with E-state index in [9.17, 15) is 4.79 Å². The Morgan fingerprint density at radius 1 is 1.56 bits per heavy atom. The van der Waals surface area contributed by atoms with Crippen LogP contribution in [0.1, 0.15) is 32.3 Å². The molecule has 98 valence electrons. The number of benzene rings is 1. The van der Waals surface area contributed by atoms with Crippen molar-refractivity contribution in [2.75, 3.05) is 5.32 Å². The van der Waals surface area contributed by atoms with Crippen molar-refractivity contribution in [2.24, 2.45) is 11.7 Å². The summed E-state index contributed by atoms with van der Waals surface area (Å²) in [6.45, 7) is 4.09. The molecule has 1 aromatic rings. The van der Waals surface area contributed by atoms with Crippen LogP contribution in [-0.4, -0.2) is 10.9 Å². The number of nitrogens with one attached hydrogen (secondary N) is 1. The van der Waals surface area contributed by atoms with Crippen molar-refractivity contribution < 1.29 is 4.79 Å². The zero-order valence-corrected chi connectivity index (χ0v) is 12.1. The first-order valence-corrected chi connectivity index (χ1v) is 6.61. The lowest BCUT2D eigenvalue weighted by atomic mass is 10.0. The Morgan fingerprint density at radius 3 is 2.78 bits per heavy atom. The lowest BCUT2D eigenvalue weighted by molar-refractivity contribution is -0.117. The van der Waals surface area contributed by atoms with Crippen LogP contribution in [0.3, 0.4) is 0 Å². The lowest BCUT2D eigenvalue weighted by Gasteiger charge is -2.12. The fraction of sp³-hybridized carbons (Fsp3) is 0.385. The molecule has 0 radical (unpaired) electrons. The monoisotopic (exact) mass is 284 g/mol. The zero-order valence-electron chi connectivity index (χ0n) is 10.5. The fourth-order valence-corrected chi connectivity index (χ4v) is 1.85. The number of carbonyl (C=O) groups excluding carboxylic acids is 1. The molecule has 0 aromatic heterocycles. The van der Waals surface area contributed by atoms with E-state index in [1.54, 1.807) is 18.2 Å². The van der Waals surface area contributed by atoms with Gasteiger partial charge >= 0.3 is 0 Å². The van der Waals surface area contributed by atoms with Crippen LogP contribution < -0.4 is 11.1 Å². The molecule has 1 rings (SSSR count). The molecule has 1 unspecified atom stereocenters. The van der Waals surface area contributed by atoms with Crippen molar-refractivity contribution in [1.82, 2.24) is 0 Å². The molecular weight excluding hydrogens is 268 g/mol. The maximum atomic E-state index is 11.8. The van der Waals surface area contributed by atoms with Crippen molar-refractivity contribution in [3.05, 3.63) is 28.8 Å². The predicted molar refractivity (Wildman–Crippen MR) is 80.0 cm³/mol. The van der Waals surface area contributed by atoms with Crippen molar-refractivity contribution in [2.45, 2.75) is 26.7 Å². The second-order valence-electron chi connectivity index (χ2n) is 4.32. The minimum absolute atomic E-state index is 0.0517. The minimum atomic E-state index is -0.0517. The summed E-state index contributed by atoms with van der Waals surface area (Å²) < 4.78 is 0. The lowest BCUT2D eigenvalue weighted by Crippen LogP contribution is -2.19. The molecule has 0 saturated carbocycles. The Hall–Kier alpha value is -1.13. The van der Waals surface area contributed by atoms with Crippen LogP contribution in [0.2, 0.25) is 5.02 Å². The second kappa shape index (κ2) is 6.71. The first kappa shape index (κ1) is 14.9. The third-order valence-electron chi connectivity index (χ3n) is 2.75. The molecule has 0 heterocycles. The first-order valence-electron chi connectivity index (χ1n) is 5.83. The Morgan fingerprint density at radius 2 is 2.22 bits per heavy atom. The van der Waals surface area contributed by atoms with E-state index in [4.69, 9.17) is 29.6 Å². The fourth-order valence-electron chi connectivity index (χ4n) is 1.50. The average molecular weight is 285 g/mol. The Bertz CT molecular complexity index is 462. The van der Waals surface area contributed by atoms with Crippen LogP contribution in [0, 0.1) is 5.92 Å². The van der Waals surface area contributed by atoms with Crippen LogP contribution in [-0.2, 0) is 4.79 Å². The van der Waals surface area contributed by atoms with Crippen molar-refractivity contribution in [3.63, 3.8) is 0 Å². The van der Waals surface area contributed by atoms with E-state index in [1.807, 2.05) is 6.92 Å².